The van der Waals surface area contributed by atoms with Crippen LogP contribution in [-0.2, 0) is 9.47 Å². The van der Waals surface area contributed by atoms with Gasteiger partial charge in [0.05, 0.1) is 51.0 Å². The van der Waals surface area contributed by atoms with Crippen LogP contribution in [0, 0.1) is 0 Å². The Morgan fingerprint density at radius 2 is 1.12 bits per heavy atom. The first-order valence-corrected chi connectivity index (χ1v) is 7.47. The number of nitrogens with zero attached hydrogens (tertiary/aromatic N) is 2. The third kappa shape index (κ3) is 7.55. The quantitative estimate of drug-likeness (QED) is 0.232. The molecule has 0 aliphatic carbocycles. The van der Waals surface area contributed by atoms with Crippen LogP contribution in [0.4, 0.5) is 0 Å². The normalized spacial score (nSPS) is 16.6. The average Bonchev–Trinajstić information content (AvgIpc) is 2.61. The van der Waals surface area contributed by atoms with Crippen LogP contribution in [-0.4, -0.2) is 79.2 Å². The first kappa shape index (κ1) is 20.8. The van der Waals surface area contributed by atoms with Gasteiger partial charge in [0.1, 0.15) is 11.4 Å². The summed E-state index contributed by atoms with van der Waals surface area (Å²) in [5.74, 6) is 0. The van der Waals surface area contributed by atoms with Crippen molar-refractivity contribution < 1.29 is 40.1 Å². The summed E-state index contributed by atoms with van der Waals surface area (Å²) in [6.07, 6.45) is -1.80. The van der Waals surface area contributed by atoms with Crippen LogP contribution in [0.1, 0.15) is 36.8 Å². The minimum absolute atomic E-state index is 0.0191. The minimum atomic E-state index is -1.35. The van der Waals surface area contributed by atoms with Crippen LogP contribution in [0.5, 0.6) is 0 Å². The summed E-state index contributed by atoms with van der Waals surface area (Å²) in [6.45, 7) is -0.737. The van der Waals surface area contributed by atoms with Gasteiger partial charge in [-0.3, -0.25) is 9.97 Å². The van der Waals surface area contributed by atoms with Gasteiger partial charge in [-0.2, -0.15) is 0 Å². The number of rotatable bonds is 12. The molecule has 1 rings (SSSR count). The first-order chi connectivity index (χ1) is 11.5. The fourth-order valence-electron chi connectivity index (χ4n) is 1.59. The van der Waals surface area contributed by atoms with E-state index in [1.165, 1.54) is 12.4 Å². The summed E-state index contributed by atoms with van der Waals surface area (Å²) in [4.78, 5) is 7.80. The predicted molar refractivity (Wildman–Crippen MR) is 79.3 cm³/mol. The zero-order valence-corrected chi connectivity index (χ0v) is 13.1. The maximum Gasteiger partial charge on any atom is 0.200 e. The van der Waals surface area contributed by atoms with Crippen LogP contribution in [0.3, 0.4) is 0 Å². The van der Waals surface area contributed by atoms with Crippen molar-refractivity contribution in [2.24, 2.45) is 0 Å². The number of aliphatic hydroxyl groups is 6. The van der Waals surface area contributed by atoms with E-state index in [1.54, 1.807) is 0 Å². The molecule has 0 aliphatic rings. The molecule has 1 aromatic heterocycles. The van der Waals surface area contributed by atoms with Gasteiger partial charge in [0, 0.05) is 0 Å². The molecule has 0 spiro atoms. The molecular weight excluding hydrogens is 324 g/mol. The van der Waals surface area contributed by atoms with Crippen LogP contribution >= 0.6 is 0 Å². The summed E-state index contributed by atoms with van der Waals surface area (Å²) in [6, 6.07) is 0. The molecular formula is C14H24N2O8. The molecule has 0 radical (unpaired) electrons. The molecule has 0 bridgehead atoms. The molecule has 1 heterocycles. The maximum absolute atomic E-state index is 9.75. The average molecular weight is 348 g/mol. The largest absolute Gasteiger partial charge is 0.394 e. The molecule has 0 amide bonds. The Kier molecular flexibility index (Phi) is 9.83. The van der Waals surface area contributed by atoms with E-state index in [-0.39, 0.29) is 50.7 Å². The fraction of sp³-hybridized carbons (Fsp3) is 0.714. The van der Waals surface area contributed by atoms with Crippen molar-refractivity contribution in [3.8, 4) is 0 Å². The van der Waals surface area contributed by atoms with Gasteiger partial charge in [0.15, 0.2) is 12.6 Å². The van der Waals surface area contributed by atoms with Gasteiger partial charge in [-0.15, -0.1) is 0 Å². The van der Waals surface area contributed by atoms with Crippen LogP contribution in [0.15, 0.2) is 12.4 Å². The Morgan fingerprint density at radius 1 is 0.750 bits per heavy atom. The number of ether oxygens (including phenoxy) is 2. The molecule has 138 valence electrons. The zero-order valence-electron chi connectivity index (χ0n) is 13.1. The molecule has 10 heteroatoms. The monoisotopic (exact) mass is 348 g/mol. The highest BCUT2D eigenvalue weighted by atomic mass is 16.6. The van der Waals surface area contributed by atoms with Gasteiger partial charge in [-0.25, -0.2) is 0 Å². The molecule has 0 aliphatic heterocycles. The summed E-state index contributed by atoms with van der Waals surface area (Å²) >= 11 is 0. The second kappa shape index (κ2) is 11.3. The Bertz CT molecular complexity index is 406. The number of aliphatic hydroxyl groups excluding tert-OH is 6. The topological polar surface area (TPSA) is 166 Å². The lowest BCUT2D eigenvalue weighted by atomic mass is 10.3. The van der Waals surface area contributed by atoms with Gasteiger partial charge in [-0.1, -0.05) is 0 Å². The minimum Gasteiger partial charge on any atom is -0.394 e. The number of hydrogen-bond donors (Lipinski definition) is 6. The molecule has 0 saturated carbocycles. The third-order valence-corrected chi connectivity index (χ3v) is 3.07. The van der Waals surface area contributed by atoms with E-state index in [1.807, 2.05) is 0 Å². The van der Waals surface area contributed by atoms with Gasteiger partial charge < -0.3 is 40.1 Å². The Hall–Kier alpha value is -1.24. The van der Waals surface area contributed by atoms with Gasteiger partial charge in [0.25, 0.3) is 0 Å². The molecule has 10 nitrogen and oxygen atoms in total. The van der Waals surface area contributed by atoms with Crippen molar-refractivity contribution in [2.75, 3.05) is 26.4 Å². The Morgan fingerprint density at radius 3 is 1.42 bits per heavy atom. The molecule has 1 aromatic rings. The van der Waals surface area contributed by atoms with Gasteiger partial charge >= 0.3 is 0 Å². The maximum atomic E-state index is 9.75. The molecule has 0 fully saturated rings. The second-order valence-electron chi connectivity index (χ2n) is 5.06. The van der Waals surface area contributed by atoms with Gasteiger partial charge in [-0.05, 0) is 12.8 Å². The molecule has 24 heavy (non-hydrogen) atoms. The zero-order chi connectivity index (χ0) is 17.9. The molecule has 4 atom stereocenters. The number of aromatic nitrogens is 2. The van der Waals surface area contributed by atoms with Crippen molar-refractivity contribution in [2.45, 2.75) is 37.6 Å². The lowest BCUT2D eigenvalue weighted by Gasteiger charge is -2.15. The van der Waals surface area contributed by atoms with E-state index in [9.17, 15) is 10.2 Å². The smallest absolute Gasteiger partial charge is 0.200 e. The third-order valence-electron chi connectivity index (χ3n) is 3.07. The van der Waals surface area contributed by atoms with Crippen LogP contribution < -0.4 is 0 Å². The Labute approximate surface area is 139 Å². The first-order valence-electron chi connectivity index (χ1n) is 7.47. The summed E-state index contributed by atoms with van der Waals surface area (Å²) in [7, 11) is 0. The van der Waals surface area contributed by atoms with Crippen molar-refractivity contribution in [1.82, 2.24) is 9.97 Å². The summed E-state index contributed by atoms with van der Waals surface area (Å²) in [5.41, 5.74) is 0.222. The van der Waals surface area contributed by atoms with Crippen molar-refractivity contribution >= 4 is 0 Å². The van der Waals surface area contributed by atoms with Crippen LogP contribution in [0.2, 0.25) is 0 Å². The molecule has 0 saturated heterocycles. The lowest BCUT2D eigenvalue weighted by Crippen LogP contribution is -2.17. The SMILES string of the molecule is OCC(O)CCOC(O)c1cnc(C(O)OCCC(O)CO)cn1. The molecule has 6 N–H and O–H groups in total. The fourth-order valence-corrected chi connectivity index (χ4v) is 1.59. The van der Waals surface area contributed by atoms with E-state index in [0.717, 1.165) is 0 Å². The number of hydrogen-bond acceptors (Lipinski definition) is 10. The van der Waals surface area contributed by atoms with Crippen LogP contribution in [0.25, 0.3) is 0 Å². The standard InChI is InChI=1S/C14H24N2O8/c17-7-9(19)1-3-23-13(21)11-5-16-12(6-15-11)14(22)24-4-2-10(20)8-18/h5-6,9-10,13-14,17-22H,1-4,7-8H2. The molecule has 4 unspecified atom stereocenters. The summed E-state index contributed by atoms with van der Waals surface area (Å²) < 4.78 is 10.1. The molecule has 0 aromatic carbocycles. The highest BCUT2D eigenvalue weighted by Gasteiger charge is 2.15. The Balaban J connectivity index is 2.40. The van der Waals surface area contributed by atoms with Crippen molar-refractivity contribution in [3.05, 3.63) is 23.8 Å². The van der Waals surface area contributed by atoms with E-state index < -0.39 is 24.8 Å². The second-order valence-corrected chi connectivity index (χ2v) is 5.06. The van der Waals surface area contributed by atoms with E-state index in [2.05, 4.69) is 9.97 Å². The highest BCUT2D eigenvalue weighted by Crippen LogP contribution is 2.15. The van der Waals surface area contributed by atoms with Gasteiger partial charge in [0.2, 0.25) is 0 Å². The van der Waals surface area contributed by atoms with E-state index in [0.29, 0.717) is 0 Å². The van der Waals surface area contributed by atoms with Crippen molar-refractivity contribution in [1.29, 1.82) is 0 Å². The van der Waals surface area contributed by atoms with Crippen molar-refractivity contribution in [3.63, 3.8) is 0 Å². The lowest BCUT2D eigenvalue weighted by molar-refractivity contribution is -0.116. The van der Waals surface area contributed by atoms with E-state index >= 15 is 0 Å². The highest BCUT2D eigenvalue weighted by molar-refractivity contribution is 5.04. The summed E-state index contributed by atoms with van der Waals surface area (Å²) in [5, 5.41) is 55.1. The van der Waals surface area contributed by atoms with E-state index in [4.69, 9.17) is 29.9 Å². The predicted octanol–water partition coefficient (Wildman–Crippen LogP) is -2.02.